The number of carbonyl (C=O) groups is 1. The maximum absolute atomic E-state index is 12.9. The Morgan fingerprint density at radius 2 is 1.95 bits per heavy atom. The number of carbonyl (C=O) groups excluding carboxylic acids is 1. The third kappa shape index (κ3) is 2.65. The Labute approximate surface area is 139 Å². The van der Waals surface area contributed by atoms with Crippen LogP contribution in [0.25, 0.3) is 5.65 Å². The quantitative estimate of drug-likeness (QED) is 0.821. The van der Waals surface area contributed by atoms with Crippen molar-refractivity contribution in [1.82, 2.24) is 19.2 Å². The molecule has 1 aliphatic heterocycles. The number of hydrogen-bond acceptors (Lipinski definition) is 3. The van der Waals surface area contributed by atoms with Gasteiger partial charge in [0.15, 0.2) is 0 Å². The summed E-state index contributed by atoms with van der Waals surface area (Å²) in [7, 11) is 0. The molecule has 3 heterocycles. The number of nitrogens with zero attached hydrogens (tertiary/aromatic N) is 4. The fourth-order valence-electron chi connectivity index (χ4n) is 3.06. The van der Waals surface area contributed by atoms with Crippen molar-refractivity contribution in [2.45, 2.75) is 20.8 Å². The molecule has 1 amide bonds. The number of aromatic nitrogens is 2. The van der Waals surface area contributed by atoms with E-state index < -0.39 is 0 Å². The van der Waals surface area contributed by atoms with Gasteiger partial charge in [0, 0.05) is 36.8 Å². The van der Waals surface area contributed by atoms with Crippen molar-refractivity contribution in [1.29, 1.82) is 0 Å². The third-order valence-corrected chi connectivity index (χ3v) is 4.79. The number of imidazole rings is 1. The maximum atomic E-state index is 12.9. The first-order valence-electron chi connectivity index (χ1n) is 7.67. The number of aryl methyl sites for hydroxylation is 2. The molecule has 118 valence electrons. The molecule has 0 spiro atoms. The summed E-state index contributed by atoms with van der Waals surface area (Å²) in [4.78, 5) is 21.8. The van der Waals surface area contributed by atoms with Crippen LogP contribution in [0.1, 0.15) is 28.7 Å². The van der Waals surface area contributed by atoms with E-state index in [2.05, 4.69) is 32.7 Å². The summed E-state index contributed by atoms with van der Waals surface area (Å²) in [6.07, 6.45) is 1.93. The highest BCUT2D eigenvalue weighted by Gasteiger charge is 2.26. The van der Waals surface area contributed by atoms with E-state index in [-0.39, 0.29) is 5.91 Å². The molecule has 2 aromatic heterocycles. The zero-order chi connectivity index (χ0) is 15.9. The molecule has 22 heavy (non-hydrogen) atoms. The molecule has 6 heteroatoms. The van der Waals surface area contributed by atoms with Gasteiger partial charge in [-0.25, -0.2) is 4.98 Å². The lowest BCUT2D eigenvalue weighted by atomic mass is 10.2. The SMILES string of the molecule is CCN1CCN(C(=O)c2c(C)nc3c(C)cc(Br)cn23)CC1. The zero-order valence-electron chi connectivity index (χ0n) is 13.3. The van der Waals surface area contributed by atoms with Gasteiger partial charge in [-0.05, 0) is 48.0 Å². The van der Waals surface area contributed by atoms with Gasteiger partial charge in [-0.15, -0.1) is 0 Å². The smallest absolute Gasteiger partial charge is 0.272 e. The van der Waals surface area contributed by atoms with Gasteiger partial charge in [0.2, 0.25) is 0 Å². The van der Waals surface area contributed by atoms with Crippen LogP contribution in [0.4, 0.5) is 0 Å². The molecule has 0 N–H and O–H groups in total. The molecular formula is C16H21BrN4O. The van der Waals surface area contributed by atoms with Crippen LogP contribution in [0.5, 0.6) is 0 Å². The van der Waals surface area contributed by atoms with Crippen molar-refractivity contribution in [3.8, 4) is 0 Å². The second kappa shape index (κ2) is 6.01. The first-order chi connectivity index (χ1) is 10.5. The predicted molar refractivity (Wildman–Crippen MR) is 90.4 cm³/mol. The van der Waals surface area contributed by atoms with Crippen LogP contribution in [0.2, 0.25) is 0 Å². The number of halogens is 1. The standard InChI is InChI=1S/C16H21BrN4O/c1-4-19-5-7-20(8-6-19)16(22)14-12(3)18-15-11(2)9-13(17)10-21(14)15/h9-10H,4-8H2,1-3H3. The van der Waals surface area contributed by atoms with Gasteiger partial charge in [0.05, 0.1) is 5.69 Å². The molecule has 0 unspecified atom stereocenters. The lowest BCUT2D eigenvalue weighted by Crippen LogP contribution is -2.48. The van der Waals surface area contributed by atoms with Crippen LogP contribution in [-0.4, -0.2) is 57.8 Å². The first kappa shape index (κ1) is 15.5. The van der Waals surface area contributed by atoms with Gasteiger partial charge in [-0.3, -0.25) is 9.20 Å². The van der Waals surface area contributed by atoms with Crippen LogP contribution in [0.3, 0.4) is 0 Å². The average molecular weight is 365 g/mol. The Morgan fingerprint density at radius 3 is 2.59 bits per heavy atom. The molecule has 0 saturated carbocycles. The second-order valence-corrected chi connectivity index (χ2v) is 6.72. The Hall–Kier alpha value is -1.40. The molecule has 0 aromatic carbocycles. The van der Waals surface area contributed by atoms with Crippen molar-refractivity contribution in [3.05, 3.63) is 33.7 Å². The van der Waals surface area contributed by atoms with Crippen LogP contribution >= 0.6 is 15.9 Å². The van der Waals surface area contributed by atoms with Crippen molar-refractivity contribution in [2.24, 2.45) is 0 Å². The van der Waals surface area contributed by atoms with E-state index in [0.717, 1.165) is 54.1 Å². The molecule has 3 rings (SSSR count). The van der Waals surface area contributed by atoms with Crippen LogP contribution < -0.4 is 0 Å². The average Bonchev–Trinajstić information content (AvgIpc) is 2.83. The number of amides is 1. The Kier molecular flexibility index (Phi) is 4.23. The fraction of sp³-hybridized carbons (Fsp3) is 0.500. The molecule has 0 atom stereocenters. The third-order valence-electron chi connectivity index (χ3n) is 4.35. The summed E-state index contributed by atoms with van der Waals surface area (Å²) in [6, 6.07) is 2.02. The fourth-order valence-corrected chi connectivity index (χ4v) is 3.60. The Morgan fingerprint density at radius 1 is 1.27 bits per heavy atom. The highest BCUT2D eigenvalue weighted by Crippen LogP contribution is 2.22. The van der Waals surface area contributed by atoms with E-state index in [1.54, 1.807) is 0 Å². The highest BCUT2D eigenvalue weighted by atomic mass is 79.9. The minimum atomic E-state index is 0.0817. The monoisotopic (exact) mass is 364 g/mol. The zero-order valence-corrected chi connectivity index (χ0v) is 14.9. The van der Waals surface area contributed by atoms with E-state index in [4.69, 9.17) is 0 Å². The minimum Gasteiger partial charge on any atom is -0.335 e. The number of fused-ring (bicyclic) bond motifs is 1. The number of piperazine rings is 1. The van der Waals surface area contributed by atoms with Crippen molar-refractivity contribution in [3.63, 3.8) is 0 Å². The molecular weight excluding hydrogens is 344 g/mol. The molecule has 0 bridgehead atoms. The number of rotatable bonds is 2. The summed E-state index contributed by atoms with van der Waals surface area (Å²) < 4.78 is 2.88. The van der Waals surface area contributed by atoms with E-state index in [1.807, 2.05) is 35.4 Å². The summed E-state index contributed by atoms with van der Waals surface area (Å²) in [6.45, 7) is 10.6. The maximum Gasteiger partial charge on any atom is 0.272 e. The molecule has 1 aliphatic rings. The summed E-state index contributed by atoms with van der Waals surface area (Å²) in [5.41, 5.74) is 3.40. The lowest BCUT2D eigenvalue weighted by molar-refractivity contribution is 0.0635. The first-order valence-corrected chi connectivity index (χ1v) is 8.47. The van der Waals surface area contributed by atoms with E-state index >= 15 is 0 Å². The van der Waals surface area contributed by atoms with Crippen LogP contribution in [0, 0.1) is 13.8 Å². The lowest BCUT2D eigenvalue weighted by Gasteiger charge is -2.34. The minimum absolute atomic E-state index is 0.0817. The van der Waals surface area contributed by atoms with Crippen LogP contribution in [-0.2, 0) is 0 Å². The topological polar surface area (TPSA) is 40.8 Å². The Balaban J connectivity index is 1.96. The molecule has 2 aromatic rings. The van der Waals surface area contributed by atoms with E-state index in [0.29, 0.717) is 5.69 Å². The van der Waals surface area contributed by atoms with Gasteiger partial charge >= 0.3 is 0 Å². The number of hydrogen-bond donors (Lipinski definition) is 0. The van der Waals surface area contributed by atoms with E-state index in [9.17, 15) is 4.79 Å². The highest BCUT2D eigenvalue weighted by molar-refractivity contribution is 9.10. The molecule has 0 radical (unpaired) electrons. The van der Waals surface area contributed by atoms with E-state index in [1.165, 1.54) is 0 Å². The van der Waals surface area contributed by atoms with Gasteiger partial charge in [-0.1, -0.05) is 6.92 Å². The predicted octanol–water partition coefficient (Wildman–Crippen LogP) is 2.49. The van der Waals surface area contributed by atoms with Gasteiger partial charge in [-0.2, -0.15) is 0 Å². The van der Waals surface area contributed by atoms with Gasteiger partial charge in [0.1, 0.15) is 11.3 Å². The van der Waals surface area contributed by atoms with Gasteiger partial charge in [0.25, 0.3) is 5.91 Å². The van der Waals surface area contributed by atoms with Gasteiger partial charge < -0.3 is 9.80 Å². The molecule has 1 saturated heterocycles. The normalized spacial score (nSPS) is 16.5. The molecule has 1 fully saturated rings. The van der Waals surface area contributed by atoms with Crippen LogP contribution in [0.15, 0.2) is 16.7 Å². The summed E-state index contributed by atoms with van der Waals surface area (Å²) in [5.74, 6) is 0.0817. The molecule has 5 nitrogen and oxygen atoms in total. The number of likely N-dealkylation sites (N-methyl/N-ethyl adjacent to an activating group) is 1. The van der Waals surface area contributed by atoms with Crippen molar-refractivity contribution in [2.75, 3.05) is 32.7 Å². The Bertz CT molecular complexity index is 716. The van der Waals surface area contributed by atoms with Crippen molar-refractivity contribution >= 4 is 27.5 Å². The summed E-state index contributed by atoms with van der Waals surface area (Å²) in [5, 5.41) is 0. The van der Waals surface area contributed by atoms with Crippen molar-refractivity contribution < 1.29 is 4.79 Å². The number of pyridine rings is 1. The summed E-state index contributed by atoms with van der Waals surface area (Å²) >= 11 is 3.51. The second-order valence-electron chi connectivity index (χ2n) is 5.81. The molecule has 0 aliphatic carbocycles. The largest absolute Gasteiger partial charge is 0.335 e.